The van der Waals surface area contributed by atoms with Crippen LogP contribution < -0.4 is 14.8 Å². The van der Waals surface area contributed by atoms with Crippen LogP contribution in [0.15, 0.2) is 23.3 Å². The number of ether oxygens (including phenoxy) is 2. The Balaban J connectivity index is 2.19. The molecule has 1 aliphatic rings. The van der Waals surface area contributed by atoms with E-state index in [2.05, 4.69) is 10.4 Å². The highest BCUT2D eigenvalue weighted by atomic mass is 32.1. The van der Waals surface area contributed by atoms with E-state index in [1.54, 1.807) is 14.2 Å². The monoisotopic (exact) mass is 280 g/mol. The fraction of sp³-hybridized carbons (Fsp3) is 0.385. The molecule has 0 spiro atoms. The topological polar surface area (TPSA) is 42.8 Å². The number of benzene rings is 1. The van der Waals surface area contributed by atoms with Gasteiger partial charge in [-0.15, -0.1) is 4.59 Å². The summed E-state index contributed by atoms with van der Waals surface area (Å²) in [6.07, 6.45) is 0.683. The van der Waals surface area contributed by atoms with E-state index in [0.29, 0.717) is 16.1 Å². The molecule has 0 unspecified atom stereocenters. The van der Waals surface area contributed by atoms with Crippen molar-refractivity contribution in [1.82, 2.24) is 5.32 Å². The standard InChI is InChI=1S/C13H17N3O2S/c1-16(2)13(19)14-12(15-16)8-9-5-6-10(17-3)11(7-9)18-4/h5-7H,8H2,1-4H3/p+1. The Morgan fingerprint density at radius 1 is 1.21 bits per heavy atom. The van der Waals surface area contributed by atoms with Crippen LogP contribution in [-0.2, 0) is 6.42 Å². The average Bonchev–Trinajstić information content (AvgIpc) is 2.62. The summed E-state index contributed by atoms with van der Waals surface area (Å²) in [7, 11) is 7.13. The van der Waals surface area contributed by atoms with E-state index in [4.69, 9.17) is 21.7 Å². The Morgan fingerprint density at radius 3 is 2.42 bits per heavy atom. The number of amidine groups is 1. The van der Waals surface area contributed by atoms with Gasteiger partial charge in [0.2, 0.25) is 0 Å². The fourth-order valence-electron chi connectivity index (χ4n) is 1.90. The summed E-state index contributed by atoms with van der Waals surface area (Å²) in [5, 5.41) is 8.37. The van der Waals surface area contributed by atoms with Crippen molar-refractivity contribution in [2.24, 2.45) is 5.10 Å². The number of thiocarbonyl (C=S) groups is 1. The molecule has 2 rings (SSSR count). The zero-order valence-corrected chi connectivity index (χ0v) is 12.4. The van der Waals surface area contributed by atoms with Gasteiger partial charge in [0.25, 0.3) is 0 Å². The van der Waals surface area contributed by atoms with Crippen LogP contribution in [0.5, 0.6) is 11.5 Å². The Bertz CT molecular complexity index is 541. The summed E-state index contributed by atoms with van der Waals surface area (Å²) >= 11 is 5.24. The van der Waals surface area contributed by atoms with Crippen LogP contribution in [-0.4, -0.2) is 43.9 Å². The van der Waals surface area contributed by atoms with Gasteiger partial charge in [0, 0.05) is 18.6 Å². The minimum Gasteiger partial charge on any atom is -0.493 e. The zero-order chi connectivity index (χ0) is 14.0. The van der Waals surface area contributed by atoms with E-state index in [0.717, 1.165) is 22.9 Å². The summed E-state index contributed by atoms with van der Waals surface area (Å²) in [4.78, 5) is 0. The summed E-state index contributed by atoms with van der Waals surface area (Å²) in [6, 6.07) is 5.83. The van der Waals surface area contributed by atoms with E-state index in [1.807, 2.05) is 32.3 Å². The molecular weight excluding hydrogens is 262 g/mol. The third-order valence-electron chi connectivity index (χ3n) is 2.94. The molecule has 0 aliphatic carbocycles. The van der Waals surface area contributed by atoms with Crippen molar-refractivity contribution < 1.29 is 14.1 Å². The molecule has 0 saturated carbocycles. The van der Waals surface area contributed by atoms with Gasteiger partial charge in [0.15, 0.2) is 17.3 Å². The van der Waals surface area contributed by atoms with Crippen LogP contribution in [0, 0.1) is 0 Å². The normalized spacial score (nSPS) is 16.8. The van der Waals surface area contributed by atoms with Crippen molar-refractivity contribution in [3.05, 3.63) is 23.8 Å². The van der Waals surface area contributed by atoms with E-state index in [9.17, 15) is 0 Å². The number of nitrogens with one attached hydrogen (secondary N) is 1. The number of hydrogen-bond acceptors (Lipinski definition) is 4. The minimum atomic E-state index is 0.345. The first-order valence-electron chi connectivity index (χ1n) is 5.92. The molecule has 0 atom stereocenters. The van der Waals surface area contributed by atoms with Crippen LogP contribution >= 0.6 is 12.2 Å². The van der Waals surface area contributed by atoms with Gasteiger partial charge < -0.3 is 9.47 Å². The zero-order valence-electron chi connectivity index (χ0n) is 11.6. The first-order chi connectivity index (χ1) is 8.96. The fourth-order valence-corrected chi connectivity index (χ4v) is 2.05. The van der Waals surface area contributed by atoms with Crippen LogP contribution in [0.2, 0.25) is 0 Å². The second kappa shape index (κ2) is 5.14. The van der Waals surface area contributed by atoms with E-state index < -0.39 is 0 Å². The molecule has 19 heavy (non-hydrogen) atoms. The van der Waals surface area contributed by atoms with E-state index in [-0.39, 0.29) is 0 Å². The maximum absolute atomic E-state index is 5.29. The molecule has 1 aliphatic heterocycles. The van der Waals surface area contributed by atoms with Crippen molar-refractivity contribution in [1.29, 1.82) is 0 Å². The average molecular weight is 280 g/mol. The number of hydrogen-bond donors (Lipinski definition) is 1. The Hall–Kier alpha value is -1.66. The third kappa shape index (κ3) is 2.85. The highest BCUT2D eigenvalue weighted by Crippen LogP contribution is 2.28. The number of rotatable bonds is 4. The highest BCUT2D eigenvalue weighted by Gasteiger charge is 2.31. The van der Waals surface area contributed by atoms with Crippen molar-refractivity contribution >= 4 is 23.2 Å². The SMILES string of the molecule is COc1ccc(CC2=N[N+](C)(C)C(=S)N2)cc1OC. The maximum Gasteiger partial charge on any atom is 0.301 e. The Kier molecular flexibility index (Phi) is 3.73. The molecule has 1 N–H and O–H groups in total. The second-order valence-corrected chi connectivity index (χ2v) is 5.12. The van der Waals surface area contributed by atoms with Crippen LogP contribution in [0.4, 0.5) is 0 Å². The number of methoxy groups -OCH3 is 2. The van der Waals surface area contributed by atoms with Gasteiger partial charge in [-0.2, -0.15) is 0 Å². The molecule has 0 amide bonds. The molecule has 1 aromatic rings. The van der Waals surface area contributed by atoms with Gasteiger partial charge in [-0.3, -0.25) is 5.32 Å². The van der Waals surface area contributed by atoms with Gasteiger partial charge in [-0.1, -0.05) is 11.2 Å². The molecule has 1 heterocycles. The quantitative estimate of drug-likeness (QED) is 0.671. The van der Waals surface area contributed by atoms with Crippen molar-refractivity contribution in [2.75, 3.05) is 28.3 Å². The van der Waals surface area contributed by atoms with Gasteiger partial charge in [0.1, 0.15) is 14.1 Å². The molecule has 0 fully saturated rings. The minimum absolute atomic E-state index is 0.345. The second-order valence-electron chi connectivity index (χ2n) is 4.74. The van der Waals surface area contributed by atoms with Crippen LogP contribution in [0.1, 0.15) is 5.56 Å². The van der Waals surface area contributed by atoms with E-state index >= 15 is 0 Å². The van der Waals surface area contributed by atoms with Gasteiger partial charge >= 0.3 is 5.11 Å². The lowest BCUT2D eigenvalue weighted by molar-refractivity contribution is -0.801. The van der Waals surface area contributed by atoms with Crippen molar-refractivity contribution in [3.63, 3.8) is 0 Å². The molecule has 0 radical (unpaired) electrons. The number of quaternary nitrogens is 1. The predicted octanol–water partition coefficient (Wildman–Crippen LogP) is 1.52. The lowest BCUT2D eigenvalue weighted by Crippen LogP contribution is -2.40. The molecule has 0 aromatic heterocycles. The third-order valence-corrected chi connectivity index (χ3v) is 3.49. The molecule has 5 nitrogen and oxygen atoms in total. The molecule has 0 saturated heterocycles. The molecule has 102 valence electrons. The van der Waals surface area contributed by atoms with Gasteiger partial charge in [-0.05, 0) is 17.7 Å². The first kappa shape index (κ1) is 13.8. The first-order valence-corrected chi connectivity index (χ1v) is 6.32. The van der Waals surface area contributed by atoms with Crippen molar-refractivity contribution in [3.8, 4) is 11.5 Å². The maximum atomic E-state index is 5.29. The van der Waals surface area contributed by atoms with Crippen molar-refractivity contribution in [2.45, 2.75) is 6.42 Å². The highest BCUT2D eigenvalue weighted by molar-refractivity contribution is 7.80. The summed E-state index contributed by atoms with van der Waals surface area (Å²) in [5.41, 5.74) is 1.09. The summed E-state index contributed by atoms with van der Waals surface area (Å²) in [6.45, 7) is 0. The Morgan fingerprint density at radius 2 is 1.89 bits per heavy atom. The van der Waals surface area contributed by atoms with Crippen LogP contribution in [0.3, 0.4) is 0 Å². The summed E-state index contributed by atoms with van der Waals surface area (Å²) in [5.74, 6) is 2.30. The lowest BCUT2D eigenvalue weighted by atomic mass is 10.1. The largest absolute Gasteiger partial charge is 0.493 e. The molecule has 6 heteroatoms. The van der Waals surface area contributed by atoms with Crippen LogP contribution in [0.25, 0.3) is 0 Å². The Labute approximate surface area is 118 Å². The van der Waals surface area contributed by atoms with E-state index in [1.165, 1.54) is 0 Å². The van der Waals surface area contributed by atoms with Gasteiger partial charge in [-0.25, -0.2) is 0 Å². The van der Waals surface area contributed by atoms with Gasteiger partial charge in [0.05, 0.1) is 14.2 Å². The molecular formula is C13H18N3O2S+. The molecule has 0 bridgehead atoms. The number of nitrogens with zero attached hydrogens (tertiary/aromatic N) is 2. The lowest BCUT2D eigenvalue weighted by Gasteiger charge is -2.13. The molecule has 1 aromatic carbocycles. The smallest absolute Gasteiger partial charge is 0.301 e. The summed E-state index contributed by atoms with van der Waals surface area (Å²) < 4.78 is 10.9. The predicted molar refractivity (Wildman–Crippen MR) is 78.5 cm³/mol.